The van der Waals surface area contributed by atoms with Crippen LogP contribution in [0.1, 0.15) is 23.2 Å². The number of anilines is 1. The molecule has 0 saturated carbocycles. The Balaban J connectivity index is 2.12. The van der Waals surface area contributed by atoms with E-state index in [1.165, 1.54) is 0 Å². The molecule has 17 heavy (non-hydrogen) atoms. The van der Waals surface area contributed by atoms with E-state index in [4.69, 9.17) is 9.84 Å². The summed E-state index contributed by atoms with van der Waals surface area (Å²) in [6.07, 6.45) is 3.89. The van der Waals surface area contributed by atoms with E-state index < -0.39 is 5.97 Å². The Hall–Kier alpha value is -1.62. The lowest BCUT2D eigenvalue weighted by Crippen LogP contribution is -2.30. The first-order valence-electron chi connectivity index (χ1n) is 5.69. The summed E-state index contributed by atoms with van der Waals surface area (Å²) in [6, 6.07) is 3.20. The zero-order chi connectivity index (χ0) is 12.3. The van der Waals surface area contributed by atoms with Crippen LogP contribution in [0.25, 0.3) is 0 Å². The summed E-state index contributed by atoms with van der Waals surface area (Å²) in [5, 5.41) is 9.08. The molecule has 5 nitrogen and oxygen atoms in total. The van der Waals surface area contributed by atoms with Crippen molar-refractivity contribution in [3.8, 4) is 0 Å². The highest BCUT2D eigenvalue weighted by Crippen LogP contribution is 2.19. The molecule has 2 heterocycles. The average molecular weight is 236 g/mol. The fraction of sp³-hybridized carbons (Fsp3) is 0.500. The minimum Gasteiger partial charge on any atom is -0.478 e. The van der Waals surface area contributed by atoms with Crippen LogP contribution in [-0.4, -0.2) is 42.4 Å². The van der Waals surface area contributed by atoms with Crippen molar-refractivity contribution in [3.05, 3.63) is 23.9 Å². The number of hydrogen-bond donors (Lipinski definition) is 1. The average Bonchev–Trinajstić information content (AvgIpc) is 2.81. The van der Waals surface area contributed by atoms with Crippen LogP contribution >= 0.6 is 0 Å². The number of hydrogen-bond acceptors (Lipinski definition) is 4. The maximum absolute atomic E-state index is 11.1. The number of likely N-dealkylation sites (N-methyl/N-ethyl adjacent to an activating group) is 1. The number of nitrogens with zero attached hydrogens (tertiary/aromatic N) is 2. The molecule has 0 aromatic carbocycles. The first-order valence-corrected chi connectivity index (χ1v) is 5.69. The van der Waals surface area contributed by atoms with Gasteiger partial charge in [-0.05, 0) is 25.0 Å². The number of aromatic nitrogens is 1. The highest BCUT2D eigenvalue weighted by Gasteiger charge is 2.20. The van der Waals surface area contributed by atoms with Crippen molar-refractivity contribution in [2.75, 3.05) is 25.1 Å². The van der Waals surface area contributed by atoms with E-state index in [1.807, 2.05) is 11.9 Å². The molecule has 1 aliphatic heterocycles. The second kappa shape index (κ2) is 5.14. The highest BCUT2D eigenvalue weighted by molar-refractivity contribution is 5.93. The third-order valence-electron chi connectivity index (χ3n) is 2.88. The first-order chi connectivity index (χ1) is 8.18. The van der Waals surface area contributed by atoms with Crippen LogP contribution in [0.5, 0.6) is 0 Å². The van der Waals surface area contributed by atoms with Crippen LogP contribution in [0.15, 0.2) is 18.3 Å². The van der Waals surface area contributed by atoms with Crippen molar-refractivity contribution < 1.29 is 14.6 Å². The van der Waals surface area contributed by atoms with E-state index in [0.29, 0.717) is 12.4 Å². The van der Waals surface area contributed by atoms with Crippen LogP contribution < -0.4 is 4.90 Å². The van der Waals surface area contributed by atoms with E-state index in [1.54, 1.807) is 18.3 Å². The van der Waals surface area contributed by atoms with Crippen LogP contribution in [0.4, 0.5) is 5.82 Å². The predicted octanol–water partition coefficient (Wildman–Crippen LogP) is 1.40. The van der Waals surface area contributed by atoms with Crippen molar-refractivity contribution in [2.24, 2.45) is 0 Å². The molecular weight excluding hydrogens is 220 g/mol. The van der Waals surface area contributed by atoms with E-state index in [-0.39, 0.29) is 11.7 Å². The Labute approximate surface area is 100 Å². The summed E-state index contributed by atoms with van der Waals surface area (Å²) < 4.78 is 5.53. The molecule has 0 bridgehead atoms. The molecule has 0 amide bonds. The monoisotopic (exact) mass is 236 g/mol. The molecule has 1 saturated heterocycles. The largest absolute Gasteiger partial charge is 0.478 e. The van der Waals surface area contributed by atoms with Crippen LogP contribution in [0.2, 0.25) is 0 Å². The topological polar surface area (TPSA) is 62.7 Å². The van der Waals surface area contributed by atoms with Crippen molar-refractivity contribution in [1.82, 2.24) is 4.98 Å². The maximum Gasteiger partial charge on any atom is 0.339 e. The molecule has 0 spiro atoms. The lowest BCUT2D eigenvalue weighted by molar-refractivity contribution is 0.0696. The summed E-state index contributed by atoms with van der Waals surface area (Å²) in [6.45, 7) is 1.48. The normalized spacial score (nSPS) is 19.2. The fourth-order valence-electron chi connectivity index (χ4n) is 2.05. The van der Waals surface area contributed by atoms with Gasteiger partial charge in [0.2, 0.25) is 0 Å². The molecule has 1 aromatic rings. The van der Waals surface area contributed by atoms with E-state index in [9.17, 15) is 4.79 Å². The van der Waals surface area contributed by atoms with Crippen LogP contribution in [0.3, 0.4) is 0 Å². The summed E-state index contributed by atoms with van der Waals surface area (Å²) >= 11 is 0. The molecule has 92 valence electrons. The highest BCUT2D eigenvalue weighted by atomic mass is 16.5. The Bertz CT molecular complexity index is 402. The van der Waals surface area contributed by atoms with Gasteiger partial charge in [-0.3, -0.25) is 0 Å². The summed E-state index contributed by atoms with van der Waals surface area (Å²) in [4.78, 5) is 17.0. The second-order valence-corrected chi connectivity index (χ2v) is 4.20. The van der Waals surface area contributed by atoms with Crippen LogP contribution in [-0.2, 0) is 4.74 Å². The Kier molecular flexibility index (Phi) is 3.58. The summed E-state index contributed by atoms with van der Waals surface area (Å²) in [5.74, 6) is -0.456. The number of ether oxygens (including phenoxy) is 1. The van der Waals surface area contributed by atoms with Gasteiger partial charge >= 0.3 is 5.97 Å². The van der Waals surface area contributed by atoms with Crippen molar-refractivity contribution in [1.29, 1.82) is 0 Å². The first kappa shape index (κ1) is 11.9. The van der Waals surface area contributed by atoms with Crippen molar-refractivity contribution >= 4 is 11.8 Å². The molecule has 1 unspecified atom stereocenters. The molecule has 1 N–H and O–H groups in total. The zero-order valence-electron chi connectivity index (χ0n) is 9.80. The zero-order valence-corrected chi connectivity index (χ0v) is 9.80. The number of carbonyl (C=O) groups is 1. The van der Waals surface area contributed by atoms with Gasteiger partial charge in [-0.25, -0.2) is 9.78 Å². The molecule has 0 radical (unpaired) electrons. The number of pyridine rings is 1. The van der Waals surface area contributed by atoms with Crippen molar-refractivity contribution in [3.63, 3.8) is 0 Å². The van der Waals surface area contributed by atoms with Gasteiger partial charge < -0.3 is 14.7 Å². The molecule has 5 heteroatoms. The maximum atomic E-state index is 11.1. The quantitative estimate of drug-likeness (QED) is 0.856. The molecule has 0 aliphatic carbocycles. The Morgan fingerprint density at radius 2 is 2.53 bits per heavy atom. The minimum atomic E-state index is -0.952. The van der Waals surface area contributed by atoms with Gasteiger partial charge in [0.05, 0.1) is 6.10 Å². The summed E-state index contributed by atoms with van der Waals surface area (Å²) in [5.41, 5.74) is 0.230. The van der Waals surface area contributed by atoms with E-state index >= 15 is 0 Å². The molecule has 1 atom stereocenters. The number of carboxylic acid groups (broad SMARTS) is 1. The molecular formula is C12H16N2O3. The van der Waals surface area contributed by atoms with E-state index in [2.05, 4.69) is 4.98 Å². The van der Waals surface area contributed by atoms with Gasteiger partial charge in [0.1, 0.15) is 11.4 Å². The third-order valence-corrected chi connectivity index (χ3v) is 2.88. The predicted molar refractivity (Wildman–Crippen MR) is 63.4 cm³/mol. The van der Waals surface area contributed by atoms with Crippen molar-refractivity contribution in [2.45, 2.75) is 18.9 Å². The van der Waals surface area contributed by atoms with Gasteiger partial charge in [-0.2, -0.15) is 0 Å². The number of rotatable bonds is 4. The third kappa shape index (κ3) is 2.74. The standard InChI is InChI=1S/C12H16N2O3/c1-14(8-9-4-3-7-17-9)11-10(12(15)16)5-2-6-13-11/h2,5-6,9H,3-4,7-8H2,1H3,(H,15,16). The lowest BCUT2D eigenvalue weighted by Gasteiger charge is -2.22. The number of aromatic carboxylic acids is 1. The lowest BCUT2D eigenvalue weighted by atomic mass is 10.2. The van der Waals surface area contributed by atoms with Gasteiger partial charge in [-0.15, -0.1) is 0 Å². The van der Waals surface area contributed by atoms with Crippen LogP contribution in [0, 0.1) is 0 Å². The van der Waals surface area contributed by atoms with Gasteiger partial charge in [-0.1, -0.05) is 0 Å². The Morgan fingerprint density at radius 1 is 1.71 bits per heavy atom. The SMILES string of the molecule is CN(CC1CCCO1)c1ncccc1C(=O)O. The molecule has 2 rings (SSSR count). The fourth-order valence-corrected chi connectivity index (χ4v) is 2.05. The summed E-state index contributed by atoms with van der Waals surface area (Å²) in [7, 11) is 1.84. The molecule has 1 aliphatic rings. The van der Waals surface area contributed by atoms with Gasteiger partial charge in [0.15, 0.2) is 0 Å². The van der Waals surface area contributed by atoms with E-state index in [0.717, 1.165) is 19.4 Å². The second-order valence-electron chi connectivity index (χ2n) is 4.20. The van der Waals surface area contributed by atoms with Gasteiger partial charge in [0.25, 0.3) is 0 Å². The smallest absolute Gasteiger partial charge is 0.339 e. The molecule has 1 aromatic heterocycles. The Morgan fingerprint density at radius 3 is 3.18 bits per heavy atom. The van der Waals surface area contributed by atoms with Gasteiger partial charge in [0, 0.05) is 26.4 Å². The number of carboxylic acids is 1. The molecule has 1 fully saturated rings. The minimum absolute atomic E-state index is 0.184.